The molecule has 2 aliphatic rings. The maximum absolute atomic E-state index is 13.4. The number of ether oxygens (including phenoxy) is 2. The number of aliphatic hydroxyl groups excluding tert-OH is 2. The number of hydrogen-bond donors (Lipinski definition) is 2. The fourth-order valence-electron chi connectivity index (χ4n) is 4.02. The van der Waals surface area contributed by atoms with Crippen LogP contribution in [0.3, 0.4) is 0 Å². The SMILES string of the molecule is C[C@@H](O)C#Cc1cnc2c(c1)C(=O)N([C@@H](C)CO)C[C@H](C)[C@@H](CN(C)C(=O)CN1CCOCC1)O2. The number of carbonyl (C=O) groups excluding carboxylic acids is 2. The molecule has 2 N–H and O–H groups in total. The molecule has 3 rings (SSSR count). The summed E-state index contributed by atoms with van der Waals surface area (Å²) in [4.78, 5) is 36.0. The Morgan fingerprint density at radius 2 is 2.06 bits per heavy atom. The van der Waals surface area contributed by atoms with Crippen molar-refractivity contribution in [1.29, 1.82) is 0 Å². The van der Waals surface area contributed by atoms with Gasteiger partial charge in [0.15, 0.2) is 0 Å². The molecule has 1 aromatic heterocycles. The molecule has 3 heterocycles. The summed E-state index contributed by atoms with van der Waals surface area (Å²) in [6.45, 7) is 8.79. The van der Waals surface area contributed by atoms with Crippen molar-refractivity contribution in [3.05, 3.63) is 23.4 Å². The molecule has 10 nitrogen and oxygen atoms in total. The van der Waals surface area contributed by atoms with Crippen molar-refractivity contribution in [1.82, 2.24) is 19.7 Å². The molecule has 2 amide bonds. The molecular weight excluding hydrogens is 452 g/mol. The second-order valence-electron chi connectivity index (χ2n) is 9.31. The van der Waals surface area contributed by atoms with Gasteiger partial charge in [0.1, 0.15) is 17.8 Å². The number of likely N-dealkylation sites (N-methyl/N-ethyl adjacent to an activating group) is 1. The van der Waals surface area contributed by atoms with Gasteiger partial charge in [-0.2, -0.15) is 0 Å². The van der Waals surface area contributed by atoms with E-state index in [1.54, 1.807) is 36.8 Å². The van der Waals surface area contributed by atoms with Crippen molar-refractivity contribution in [2.45, 2.75) is 39.0 Å². The average Bonchev–Trinajstić information content (AvgIpc) is 2.84. The number of amides is 2. The smallest absolute Gasteiger partial charge is 0.259 e. The van der Waals surface area contributed by atoms with Crippen LogP contribution in [0.1, 0.15) is 36.7 Å². The Kier molecular flexibility index (Phi) is 9.46. The number of nitrogens with zero attached hydrogens (tertiary/aromatic N) is 4. The molecule has 0 radical (unpaired) electrons. The lowest BCUT2D eigenvalue weighted by molar-refractivity contribution is -0.133. The Balaban J connectivity index is 1.85. The summed E-state index contributed by atoms with van der Waals surface area (Å²) >= 11 is 0. The molecule has 0 aromatic carbocycles. The molecule has 0 saturated carbocycles. The van der Waals surface area contributed by atoms with Crippen LogP contribution in [0, 0.1) is 17.8 Å². The zero-order valence-electron chi connectivity index (χ0n) is 20.9. The van der Waals surface area contributed by atoms with Crippen molar-refractivity contribution in [3.63, 3.8) is 0 Å². The van der Waals surface area contributed by atoms with Gasteiger partial charge < -0.3 is 29.5 Å². The maximum Gasteiger partial charge on any atom is 0.259 e. The van der Waals surface area contributed by atoms with Crippen LogP contribution in [0.4, 0.5) is 0 Å². The van der Waals surface area contributed by atoms with Crippen molar-refractivity contribution < 1.29 is 29.3 Å². The van der Waals surface area contributed by atoms with Crippen LogP contribution < -0.4 is 4.74 Å². The van der Waals surface area contributed by atoms with Crippen molar-refractivity contribution >= 4 is 11.8 Å². The summed E-state index contributed by atoms with van der Waals surface area (Å²) in [6.07, 6.45) is 0.263. The van der Waals surface area contributed by atoms with Gasteiger partial charge in [0.25, 0.3) is 5.91 Å². The molecule has 1 aromatic rings. The number of aliphatic hydroxyl groups is 2. The Bertz CT molecular complexity index is 953. The van der Waals surface area contributed by atoms with E-state index in [9.17, 15) is 19.8 Å². The average molecular weight is 489 g/mol. The number of aromatic nitrogens is 1. The zero-order valence-corrected chi connectivity index (χ0v) is 20.9. The fourth-order valence-corrected chi connectivity index (χ4v) is 4.02. The highest BCUT2D eigenvalue weighted by Gasteiger charge is 2.34. The third-order valence-corrected chi connectivity index (χ3v) is 6.29. The van der Waals surface area contributed by atoms with E-state index in [4.69, 9.17) is 9.47 Å². The molecule has 192 valence electrons. The van der Waals surface area contributed by atoms with E-state index in [0.29, 0.717) is 38.4 Å². The highest BCUT2D eigenvalue weighted by molar-refractivity contribution is 5.97. The minimum Gasteiger partial charge on any atom is -0.472 e. The highest BCUT2D eigenvalue weighted by Crippen LogP contribution is 2.27. The van der Waals surface area contributed by atoms with Gasteiger partial charge in [0.2, 0.25) is 11.8 Å². The molecular formula is C25H36N4O6. The Morgan fingerprint density at radius 1 is 1.34 bits per heavy atom. The normalized spacial score (nSPS) is 22.6. The van der Waals surface area contributed by atoms with Crippen LogP contribution in [-0.2, 0) is 9.53 Å². The molecule has 1 fully saturated rings. The molecule has 1 saturated heterocycles. The summed E-state index contributed by atoms with van der Waals surface area (Å²) < 4.78 is 11.6. The molecule has 0 spiro atoms. The summed E-state index contributed by atoms with van der Waals surface area (Å²) in [5.41, 5.74) is 0.711. The number of hydrogen-bond acceptors (Lipinski definition) is 8. The number of rotatable bonds is 6. The van der Waals surface area contributed by atoms with E-state index >= 15 is 0 Å². The molecule has 2 aliphatic heterocycles. The maximum atomic E-state index is 13.4. The monoisotopic (exact) mass is 488 g/mol. The predicted octanol–water partition coefficient (Wildman–Crippen LogP) is -0.175. The van der Waals surface area contributed by atoms with E-state index in [2.05, 4.69) is 21.7 Å². The summed E-state index contributed by atoms with van der Waals surface area (Å²) in [7, 11) is 1.75. The second-order valence-corrected chi connectivity index (χ2v) is 9.31. The molecule has 0 unspecified atom stereocenters. The van der Waals surface area contributed by atoms with Crippen molar-refractivity contribution in [3.8, 4) is 17.7 Å². The number of carbonyl (C=O) groups is 2. The molecule has 4 atom stereocenters. The van der Waals surface area contributed by atoms with E-state index in [0.717, 1.165) is 13.1 Å². The van der Waals surface area contributed by atoms with E-state index in [1.807, 2.05) is 6.92 Å². The van der Waals surface area contributed by atoms with Gasteiger partial charge >= 0.3 is 0 Å². The third kappa shape index (κ3) is 7.15. The van der Waals surface area contributed by atoms with Gasteiger partial charge in [0, 0.05) is 44.4 Å². The molecule has 0 aliphatic carbocycles. The van der Waals surface area contributed by atoms with E-state index in [-0.39, 0.29) is 35.8 Å². The van der Waals surface area contributed by atoms with Gasteiger partial charge in [-0.3, -0.25) is 14.5 Å². The predicted molar refractivity (Wildman–Crippen MR) is 129 cm³/mol. The first-order valence-electron chi connectivity index (χ1n) is 12.0. The summed E-state index contributed by atoms with van der Waals surface area (Å²) in [5, 5.41) is 19.2. The second kappa shape index (κ2) is 12.3. The Hall–Kier alpha value is -2.71. The van der Waals surface area contributed by atoms with Crippen LogP contribution in [-0.4, -0.2) is 120 Å². The van der Waals surface area contributed by atoms with Gasteiger partial charge in [-0.1, -0.05) is 18.8 Å². The quantitative estimate of drug-likeness (QED) is 0.530. The molecule has 0 bridgehead atoms. The summed E-state index contributed by atoms with van der Waals surface area (Å²) in [6, 6.07) is 1.18. The standard InChI is InChI=1S/C25H36N4O6/c1-17-13-29(18(2)16-30)25(33)21-11-20(6-5-19(3)31)12-26-24(21)35-22(17)14-27(4)23(32)15-28-7-9-34-10-8-28/h11-12,17-19,22,30-31H,7-10,13-16H2,1-4H3/t17-,18-,19+,22+/m0/s1. The van der Waals surface area contributed by atoms with Crippen LogP contribution >= 0.6 is 0 Å². The van der Waals surface area contributed by atoms with Gasteiger partial charge in [-0.15, -0.1) is 0 Å². The minimum absolute atomic E-state index is 0.0154. The first kappa shape index (κ1) is 26.9. The van der Waals surface area contributed by atoms with Gasteiger partial charge in [-0.25, -0.2) is 4.98 Å². The highest BCUT2D eigenvalue weighted by atomic mass is 16.5. The fraction of sp³-hybridized carbons (Fsp3) is 0.640. The summed E-state index contributed by atoms with van der Waals surface area (Å²) in [5.74, 6) is 5.17. The Labute approximate surface area is 206 Å². The topological polar surface area (TPSA) is 116 Å². The van der Waals surface area contributed by atoms with Gasteiger partial charge in [0.05, 0.1) is 39.0 Å². The van der Waals surface area contributed by atoms with Crippen LogP contribution in [0.15, 0.2) is 12.3 Å². The van der Waals surface area contributed by atoms with Crippen molar-refractivity contribution in [2.75, 3.05) is 59.6 Å². The number of fused-ring (bicyclic) bond motifs is 1. The first-order chi connectivity index (χ1) is 16.7. The third-order valence-electron chi connectivity index (χ3n) is 6.29. The number of pyridine rings is 1. The van der Waals surface area contributed by atoms with Crippen LogP contribution in [0.25, 0.3) is 0 Å². The zero-order chi connectivity index (χ0) is 25.5. The molecule has 35 heavy (non-hydrogen) atoms. The lowest BCUT2D eigenvalue weighted by Crippen LogP contribution is -2.51. The van der Waals surface area contributed by atoms with Crippen LogP contribution in [0.5, 0.6) is 5.88 Å². The lowest BCUT2D eigenvalue weighted by atomic mass is 10.00. The Morgan fingerprint density at radius 3 is 2.71 bits per heavy atom. The van der Waals surface area contributed by atoms with Crippen LogP contribution in [0.2, 0.25) is 0 Å². The van der Waals surface area contributed by atoms with E-state index in [1.165, 1.54) is 6.20 Å². The lowest BCUT2D eigenvalue weighted by Gasteiger charge is -2.38. The van der Waals surface area contributed by atoms with Gasteiger partial charge in [-0.05, 0) is 19.9 Å². The largest absolute Gasteiger partial charge is 0.472 e. The number of morpholine rings is 1. The van der Waals surface area contributed by atoms with Crippen molar-refractivity contribution in [2.24, 2.45) is 5.92 Å². The first-order valence-corrected chi connectivity index (χ1v) is 12.0. The molecule has 10 heteroatoms. The minimum atomic E-state index is -0.814. The van der Waals surface area contributed by atoms with E-state index < -0.39 is 18.2 Å².